The Balaban J connectivity index is 1.45. The second-order valence-electron chi connectivity index (χ2n) is 8.67. The third-order valence-corrected chi connectivity index (χ3v) is 7.28. The molecule has 0 aliphatic carbocycles. The van der Waals surface area contributed by atoms with Crippen molar-refractivity contribution >= 4 is 34.4 Å². The summed E-state index contributed by atoms with van der Waals surface area (Å²) in [5.41, 5.74) is 6.57. The van der Waals surface area contributed by atoms with Gasteiger partial charge in [-0.1, -0.05) is 35.5 Å². The lowest BCUT2D eigenvalue weighted by Gasteiger charge is -2.14. The Labute approximate surface area is 195 Å². The number of carbonyl (C=O) groups is 1. The van der Waals surface area contributed by atoms with Gasteiger partial charge >= 0.3 is 0 Å². The van der Waals surface area contributed by atoms with Crippen LogP contribution in [0.1, 0.15) is 34.7 Å². The van der Waals surface area contributed by atoms with Crippen molar-refractivity contribution in [2.45, 2.75) is 45.3 Å². The largest absolute Gasteiger partial charge is 0.326 e. The molecule has 0 saturated heterocycles. The van der Waals surface area contributed by atoms with Crippen LogP contribution in [0.2, 0.25) is 0 Å². The van der Waals surface area contributed by atoms with Crippen molar-refractivity contribution in [2.75, 3.05) is 11.1 Å². The Morgan fingerprint density at radius 1 is 1.09 bits per heavy atom. The number of aromatic nitrogens is 4. The average molecular weight is 460 g/mol. The molecule has 1 N–H and O–H groups in total. The number of hydrogen-bond donors (Lipinski definition) is 1. The smallest absolute Gasteiger partial charge is 0.265 e. The summed E-state index contributed by atoms with van der Waals surface area (Å²) in [6.07, 6.45) is 1.79. The summed E-state index contributed by atoms with van der Waals surface area (Å²) >= 11 is 1.50. The maximum Gasteiger partial charge on any atom is 0.265 e. The van der Waals surface area contributed by atoms with E-state index in [2.05, 4.69) is 17.3 Å². The number of hydrogen-bond acceptors (Lipinski definition) is 5. The number of carbonyl (C=O) groups excluding carboxylic acids is 1. The zero-order chi connectivity index (χ0) is 23.3. The van der Waals surface area contributed by atoms with Crippen LogP contribution >= 0.6 is 11.8 Å². The van der Waals surface area contributed by atoms with E-state index in [-0.39, 0.29) is 23.9 Å². The van der Waals surface area contributed by atoms with Gasteiger partial charge in [0.2, 0.25) is 5.91 Å². The van der Waals surface area contributed by atoms with Crippen molar-refractivity contribution in [2.24, 2.45) is 0 Å². The van der Waals surface area contributed by atoms with Gasteiger partial charge in [0, 0.05) is 17.9 Å². The molecule has 0 saturated carbocycles. The lowest BCUT2D eigenvalue weighted by atomic mass is 10.1. The number of rotatable bonds is 4. The molecule has 33 heavy (non-hydrogen) atoms. The zero-order valence-electron chi connectivity index (χ0n) is 19.0. The first kappa shape index (κ1) is 21.5. The van der Waals surface area contributed by atoms with E-state index in [4.69, 9.17) is 4.98 Å². The highest BCUT2D eigenvalue weighted by molar-refractivity contribution is 7.99. The predicted molar refractivity (Wildman–Crippen MR) is 132 cm³/mol. The highest BCUT2D eigenvalue weighted by Crippen LogP contribution is 2.34. The second kappa shape index (κ2) is 8.19. The van der Waals surface area contributed by atoms with Crippen LogP contribution in [-0.4, -0.2) is 31.0 Å². The highest BCUT2D eigenvalue weighted by Gasteiger charge is 2.29. The number of aryl methyl sites for hydroxylation is 4. The van der Waals surface area contributed by atoms with E-state index in [1.54, 1.807) is 15.4 Å². The monoisotopic (exact) mass is 459 g/mol. The summed E-state index contributed by atoms with van der Waals surface area (Å²) in [6.45, 7) is 8.11. The van der Waals surface area contributed by atoms with Gasteiger partial charge in [0.15, 0.2) is 10.8 Å². The molecule has 1 amide bonds. The van der Waals surface area contributed by atoms with Crippen molar-refractivity contribution in [3.63, 3.8) is 0 Å². The molecule has 0 fully saturated rings. The molecule has 0 radical (unpaired) electrons. The van der Waals surface area contributed by atoms with E-state index in [0.29, 0.717) is 21.9 Å². The molecule has 3 heterocycles. The van der Waals surface area contributed by atoms with Gasteiger partial charge in [-0.25, -0.2) is 9.67 Å². The molecule has 2 aromatic heterocycles. The normalized spacial score (nSPS) is 15.1. The minimum atomic E-state index is -0.245. The standard InChI is InChI=1S/C25H25N5O2S/c1-14-5-8-21(17(4)9-14)27-22(31)11-19-13-33-25-28-23-20(24(32)29(19)25)12-26-30(23)18-7-6-15(2)16(3)10-18/h5-10,12,19H,11,13H2,1-4H3,(H,27,31). The molecule has 4 aromatic rings. The van der Waals surface area contributed by atoms with E-state index >= 15 is 0 Å². The van der Waals surface area contributed by atoms with Gasteiger partial charge < -0.3 is 5.32 Å². The third-order valence-electron chi connectivity index (χ3n) is 6.18. The Bertz CT molecular complexity index is 1470. The number of nitrogens with one attached hydrogen (secondary N) is 1. The fraction of sp³-hybridized carbons (Fsp3) is 0.280. The van der Waals surface area contributed by atoms with Crippen molar-refractivity contribution < 1.29 is 4.79 Å². The van der Waals surface area contributed by atoms with Crippen LogP contribution in [0.3, 0.4) is 0 Å². The van der Waals surface area contributed by atoms with Crippen LogP contribution in [0.4, 0.5) is 5.69 Å². The first-order valence-corrected chi connectivity index (χ1v) is 11.9. The Hall–Kier alpha value is -3.39. The van der Waals surface area contributed by atoms with E-state index in [1.807, 2.05) is 57.2 Å². The maximum absolute atomic E-state index is 13.4. The second-order valence-corrected chi connectivity index (χ2v) is 9.65. The van der Waals surface area contributed by atoms with Crippen LogP contribution in [0.5, 0.6) is 0 Å². The average Bonchev–Trinajstić information content (AvgIpc) is 3.37. The van der Waals surface area contributed by atoms with E-state index in [1.165, 1.54) is 17.3 Å². The zero-order valence-corrected chi connectivity index (χ0v) is 19.9. The van der Waals surface area contributed by atoms with Crippen molar-refractivity contribution in [1.29, 1.82) is 0 Å². The Morgan fingerprint density at radius 3 is 2.67 bits per heavy atom. The Kier molecular flexibility index (Phi) is 5.32. The molecular weight excluding hydrogens is 434 g/mol. The molecule has 0 bridgehead atoms. The summed E-state index contributed by atoms with van der Waals surface area (Å²) < 4.78 is 3.37. The van der Waals surface area contributed by atoms with Crippen molar-refractivity contribution in [3.05, 3.63) is 75.2 Å². The number of anilines is 1. The lowest BCUT2D eigenvalue weighted by molar-refractivity contribution is -0.116. The molecule has 168 valence electrons. The minimum Gasteiger partial charge on any atom is -0.326 e. The SMILES string of the molecule is Cc1ccc(NC(=O)CC2CSc3nc4c(cnn4-c4ccc(C)c(C)c4)c(=O)n32)c(C)c1. The van der Waals surface area contributed by atoms with E-state index in [9.17, 15) is 9.59 Å². The summed E-state index contributed by atoms with van der Waals surface area (Å²) in [6, 6.07) is 11.7. The van der Waals surface area contributed by atoms with Crippen molar-refractivity contribution in [3.8, 4) is 5.69 Å². The number of nitrogens with zero attached hydrogens (tertiary/aromatic N) is 4. The van der Waals surface area contributed by atoms with Gasteiger partial charge in [-0.05, 0) is 62.6 Å². The van der Waals surface area contributed by atoms with Gasteiger partial charge in [-0.15, -0.1) is 0 Å². The number of thioether (sulfide) groups is 1. The summed E-state index contributed by atoms with van der Waals surface area (Å²) in [7, 11) is 0. The molecule has 1 aliphatic heterocycles. The Morgan fingerprint density at radius 2 is 1.91 bits per heavy atom. The molecule has 7 nitrogen and oxygen atoms in total. The summed E-state index contributed by atoms with van der Waals surface area (Å²) in [5, 5.41) is 8.52. The fourth-order valence-corrected chi connectivity index (χ4v) is 5.33. The van der Waals surface area contributed by atoms with E-state index < -0.39 is 0 Å². The number of benzene rings is 2. The molecular formula is C25H25N5O2S. The predicted octanol–water partition coefficient (Wildman–Crippen LogP) is 4.49. The quantitative estimate of drug-likeness (QED) is 0.455. The van der Waals surface area contributed by atoms with Crippen LogP contribution < -0.4 is 10.9 Å². The molecule has 5 rings (SSSR count). The first-order valence-electron chi connectivity index (χ1n) is 10.9. The lowest BCUT2D eigenvalue weighted by Crippen LogP contribution is -2.27. The molecule has 1 aliphatic rings. The molecule has 0 spiro atoms. The fourth-order valence-electron chi connectivity index (χ4n) is 4.20. The van der Waals surface area contributed by atoms with Crippen LogP contribution in [0, 0.1) is 27.7 Å². The van der Waals surface area contributed by atoms with Crippen LogP contribution in [0.25, 0.3) is 16.7 Å². The first-order chi connectivity index (χ1) is 15.8. The highest BCUT2D eigenvalue weighted by atomic mass is 32.2. The third kappa shape index (κ3) is 3.84. The van der Waals surface area contributed by atoms with E-state index in [0.717, 1.165) is 28.1 Å². The molecule has 1 unspecified atom stereocenters. The van der Waals surface area contributed by atoms with Gasteiger partial charge in [-0.2, -0.15) is 5.10 Å². The molecule has 2 aromatic carbocycles. The van der Waals surface area contributed by atoms with Crippen molar-refractivity contribution in [1.82, 2.24) is 19.3 Å². The van der Waals surface area contributed by atoms with Gasteiger partial charge in [0.25, 0.3) is 5.56 Å². The van der Waals surface area contributed by atoms with Crippen LogP contribution in [0.15, 0.2) is 52.5 Å². The number of amides is 1. The minimum absolute atomic E-state index is 0.113. The molecule has 8 heteroatoms. The maximum atomic E-state index is 13.4. The van der Waals surface area contributed by atoms with Gasteiger partial charge in [0.1, 0.15) is 5.39 Å². The molecule has 1 atom stereocenters. The van der Waals surface area contributed by atoms with Gasteiger partial charge in [-0.3, -0.25) is 14.2 Å². The van der Waals surface area contributed by atoms with Crippen LogP contribution in [-0.2, 0) is 4.79 Å². The summed E-state index contributed by atoms with van der Waals surface area (Å²) in [5.74, 6) is 0.518. The summed E-state index contributed by atoms with van der Waals surface area (Å²) in [4.78, 5) is 30.9. The topological polar surface area (TPSA) is 81.8 Å². The number of fused-ring (bicyclic) bond motifs is 2. The van der Waals surface area contributed by atoms with Gasteiger partial charge in [0.05, 0.1) is 17.9 Å².